The van der Waals surface area contributed by atoms with Gasteiger partial charge in [0.2, 0.25) is 5.78 Å². The van der Waals surface area contributed by atoms with E-state index in [0.29, 0.717) is 0 Å². The maximum Gasteiger partial charge on any atom is 0.379 e. The van der Waals surface area contributed by atoms with Crippen molar-refractivity contribution in [3.05, 3.63) is 12.3 Å². The van der Waals surface area contributed by atoms with Crippen molar-refractivity contribution in [2.75, 3.05) is 0 Å². The number of allylic oxidation sites excluding steroid dienone is 1. The van der Waals surface area contributed by atoms with Crippen LogP contribution in [0.3, 0.4) is 0 Å². The molecule has 0 saturated carbocycles. The van der Waals surface area contributed by atoms with Crippen molar-refractivity contribution in [1.29, 1.82) is 0 Å². The lowest BCUT2D eigenvalue weighted by Crippen LogP contribution is -2.09. The Morgan fingerprint density at radius 2 is 2.00 bits per heavy atom. The smallest absolute Gasteiger partial charge is 0.379 e. The number of carbonyl (C=O) groups is 2. The summed E-state index contributed by atoms with van der Waals surface area (Å²) in [6.07, 6.45) is 7.37. The lowest BCUT2D eigenvalue weighted by Gasteiger charge is -1.93. The summed E-state index contributed by atoms with van der Waals surface area (Å²) in [5.74, 6) is -1.37. The molecule has 3 heteroatoms. The van der Waals surface area contributed by atoms with Crippen LogP contribution in [0.5, 0.6) is 0 Å². The molecule has 3 nitrogen and oxygen atoms in total. The molecule has 0 fully saturated rings. The Hall–Kier alpha value is -1.12. The van der Waals surface area contributed by atoms with Gasteiger partial charge in [-0.2, -0.15) is 0 Å². The Bertz CT molecular complexity index is 194. The van der Waals surface area contributed by atoms with Crippen LogP contribution in [0.25, 0.3) is 0 Å². The zero-order valence-corrected chi connectivity index (χ0v) is 8.21. The summed E-state index contributed by atoms with van der Waals surface area (Å²) in [5.41, 5.74) is 0. The monoisotopic (exact) mass is 184 g/mol. The Morgan fingerprint density at radius 3 is 2.54 bits per heavy atom. The maximum absolute atomic E-state index is 10.6. The van der Waals surface area contributed by atoms with Gasteiger partial charge in [-0.25, -0.2) is 4.79 Å². The standard InChI is InChI=1S/C10H16O3/c1-3-4-5-6-7-8-13-10(12)9(2)11/h7-8H,3-6H2,1-2H3. The van der Waals surface area contributed by atoms with Gasteiger partial charge in [-0.1, -0.05) is 19.8 Å². The van der Waals surface area contributed by atoms with Crippen LogP contribution in [0.15, 0.2) is 12.3 Å². The van der Waals surface area contributed by atoms with E-state index in [1.807, 2.05) is 0 Å². The summed E-state index contributed by atoms with van der Waals surface area (Å²) in [6, 6.07) is 0. The topological polar surface area (TPSA) is 43.4 Å². The van der Waals surface area contributed by atoms with Gasteiger partial charge in [-0.3, -0.25) is 4.79 Å². The zero-order valence-electron chi connectivity index (χ0n) is 8.21. The number of rotatable bonds is 6. The van der Waals surface area contributed by atoms with Crippen LogP contribution in [0.2, 0.25) is 0 Å². The number of hydrogen-bond donors (Lipinski definition) is 0. The molecule has 0 aromatic heterocycles. The van der Waals surface area contributed by atoms with E-state index in [9.17, 15) is 9.59 Å². The van der Waals surface area contributed by atoms with Crippen LogP contribution >= 0.6 is 0 Å². The molecule has 0 spiro atoms. The van der Waals surface area contributed by atoms with E-state index in [2.05, 4.69) is 11.7 Å². The fourth-order valence-electron chi connectivity index (χ4n) is 0.773. The average molecular weight is 184 g/mol. The minimum atomic E-state index is -0.799. The third kappa shape index (κ3) is 7.25. The van der Waals surface area contributed by atoms with Crippen molar-refractivity contribution in [3.63, 3.8) is 0 Å². The molecule has 0 aromatic rings. The second-order valence-electron chi connectivity index (χ2n) is 2.83. The first-order valence-corrected chi connectivity index (χ1v) is 4.55. The molecule has 0 aliphatic carbocycles. The highest BCUT2D eigenvalue weighted by atomic mass is 16.5. The summed E-state index contributed by atoms with van der Waals surface area (Å²) in [4.78, 5) is 21.0. The molecular weight excluding hydrogens is 168 g/mol. The van der Waals surface area contributed by atoms with Crippen LogP contribution < -0.4 is 0 Å². The van der Waals surface area contributed by atoms with E-state index in [1.54, 1.807) is 6.08 Å². The summed E-state index contributed by atoms with van der Waals surface area (Å²) in [5, 5.41) is 0. The molecule has 0 N–H and O–H groups in total. The highest BCUT2D eigenvalue weighted by molar-refractivity contribution is 6.32. The van der Waals surface area contributed by atoms with Crippen molar-refractivity contribution < 1.29 is 14.3 Å². The molecule has 0 aliphatic rings. The van der Waals surface area contributed by atoms with Gasteiger partial charge < -0.3 is 4.74 Å². The molecule has 0 unspecified atom stereocenters. The molecule has 13 heavy (non-hydrogen) atoms. The molecule has 0 saturated heterocycles. The van der Waals surface area contributed by atoms with Gasteiger partial charge in [0.25, 0.3) is 0 Å². The largest absolute Gasteiger partial charge is 0.429 e. The first kappa shape index (κ1) is 11.9. The number of Topliss-reactive ketones (excluding diaryl/α,β-unsaturated/α-hetero) is 1. The highest BCUT2D eigenvalue weighted by Gasteiger charge is 2.05. The van der Waals surface area contributed by atoms with E-state index >= 15 is 0 Å². The van der Waals surface area contributed by atoms with Crippen LogP contribution in [0.1, 0.15) is 39.5 Å². The first-order valence-electron chi connectivity index (χ1n) is 4.55. The number of ether oxygens (including phenoxy) is 1. The van der Waals surface area contributed by atoms with Gasteiger partial charge in [0, 0.05) is 6.92 Å². The van der Waals surface area contributed by atoms with Crippen LogP contribution in [0.4, 0.5) is 0 Å². The number of esters is 1. The van der Waals surface area contributed by atoms with Gasteiger partial charge in [0.1, 0.15) is 0 Å². The van der Waals surface area contributed by atoms with E-state index < -0.39 is 11.8 Å². The predicted molar refractivity (Wildman–Crippen MR) is 50.1 cm³/mol. The van der Waals surface area contributed by atoms with E-state index in [1.165, 1.54) is 26.0 Å². The fraction of sp³-hybridized carbons (Fsp3) is 0.600. The minimum absolute atomic E-state index is 0.571. The predicted octanol–water partition coefficient (Wildman–Crippen LogP) is 2.21. The van der Waals surface area contributed by atoms with Crippen molar-refractivity contribution in [1.82, 2.24) is 0 Å². The molecule has 0 atom stereocenters. The Labute approximate surface area is 78.8 Å². The molecule has 0 bridgehead atoms. The van der Waals surface area contributed by atoms with E-state index in [0.717, 1.165) is 12.8 Å². The Morgan fingerprint density at radius 1 is 1.31 bits per heavy atom. The van der Waals surface area contributed by atoms with Crippen molar-refractivity contribution in [3.8, 4) is 0 Å². The van der Waals surface area contributed by atoms with Crippen molar-refractivity contribution in [2.45, 2.75) is 39.5 Å². The Balaban J connectivity index is 3.41. The minimum Gasteiger partial charge on any atom is -0.429 e. The van der Waals surface area contributed by atoms with Crippen LogP contribution in [-0.4, -0.2) is 11.8 Å². The fourth-order valence-corrected chi connectivity index (χ4v) is 0.773. The van der Waals surface area contributed by atoms with E-state index in [-0.39, 0.29) is 0 Å². The molecular formula is C10H16O3. The molecule has 0 amide bonds. The SMILES string of the molecule is CCCCCC=COC(=O)C(C)=O. The molecule has 74 valence electrons. The number of hydrogen-bond acceptors (Lipinski definition) is 3. The first-order chi connectivity index (χ1) is 6.18. The maximum atomic E-state index is 10.6. The summed E-state index contributed by atoms with van der Waals surface area (Å²) < 4.78 is 4.51. The summed E-state index contributed by atoms with van der Waals surface area (Å²) >= 11 is 0. The van der Waals surface area contributed by atoms with Gasteiger partial charge in [0.05, 0.1) is 6.26 Å². The second-order valence-corrected chi connectivity index (χ2v) is 2.83. The molecule has 0 radical (unpaired) electrons. The molecule has 0 heterocycles. The molecule has 0 aromatic carbocycles. The molecule has 0 rings (SSSR count). The van der Waals surface area contributed by atoms with Gasteiger partial charge in [-0.05, 0) is 18.9 Å². The summed E-state index contributed by atoms with van der Waals surface area (Å²) in [7, 11) is 0. The van der Waals surface area contributed by atoms with Gasteiger partial charge >= 0.3 is 5.97 Å². The third-order valence-corrected chi connectivity index (χ3v) is 1.53. The van der Waals surface area contributed by atoms with Crippen LogP contribution in [-0.2, 0) is 14.3 Å². The van der Waals surface area contributed by atoms with Crippen molar-refractivity contribution in [2.24, 2.45) is 0 Å². The number of unbranched alkanes of at least 4 members (excludes halogenated alkanes) is 3. The van der Waals surface area contributed by atoms with Gasteiger partial charge in [-0.15, -0.1) is 0 Å². The Kier molecular flexibility index (Phi) is 6.88. The number of carbonyl (C=O) groups excluding carboxylic acids is 2. The second kappa shape index (κ2) is 7.53. The average Bonchev–Trinajstić information content (AvgIpc) is 2.10. The van der Waals surface area contributed by atoms with Crippen molar-refractivity contribution >= 4 is 11.8 Å². The quantitative estimate of drug-likeness (QED) is 0.275. The zero-order chi connectivity index (χ0) is 10.1. The summed E-state index contributed by atoms with van der Waals surface area (Å²) in [6.45, 7) is 3.31. The lowest BCUT2D eigenvalue weighted by atomic mass is 10.2. The van der Waals surface area contributed by atoms with Crippen LogP contribution in [0, 0.1) is 0 Å². The number of ketones is 1. The normalized spacial score (nSPS) is 10.3. The van der Waals surface area contributed by atoms with Gasteiger partial charge in [0.15, 0.2) is 0 Å². The molecule has 0 aliphatic heterocycles. The third-order valence-electron chi connectivity index (χ3n) is 1.53. The lowest BCUT2D eigenvalue weighted by molar-refractivity contribution is -0.148. The van der Waals surface area contributed by atoms with E-state index in [4.69, 9.17) is 0 Å². The highest BCUT2D eigenvalue weighted by Crippen LogP contribution is 1.99.